The monoisotopic (exact) mass is 241 g/mol. The Hall–Kier alpha value is -1.63. The van der Waals surface area contributed by atoms with Gasteiger partial charge < -0.3 is 20.1 Å². The van der Waals surface area contributed by atoms with Crippen LogP contribution >= 0.6 is 0 Å². The van der Waals surface area contributed by atoms with Crippen molar-refractivity contribution >= 4 is 11.9 Å². The number of anilines is 2. The average Bonchev–Trinajstić information content (AvgIpc) is 2.35. The van der Waals surface area contributed by atoms with Crippen molar-refractivity contribution in [2.24, 2.45) is 0 Å². The van der Waals surface area contributed by atoms with Crippen LogP contribution < -0.4 is 15.4 Å². The Labute approximate surface area is 101 Å². The van der Waals surface area contributed by atoms with Crippen molar-refractivity contribution in [1.29, 1.82) is 0 Å². The van der Waals surface area contributed by atoms with Gasteiger partial charge in [0.05, 0.1) is 6.61 Å². The molecule has 0 saturated carbocycles. The van der Waals surface area contributed by atoms with Gasteiger partial charge in [-0.05, 0) is 13.3 Å². The van der Waals surface area contributed by atoms with Crippen LogP contribution in [0.15, 0.2) is 0 Å². The fourth-order valence-electron chi connectivity index (χ4n) is 1.16. The van der Waals surface area contributed by atoms with Crippen LogP contribution in [-0.4, -0.2) is 48.9 Å². The van der Waals surface area contributed by atoms with Crippen LogP contribution in [-0.2, 0) is 4.74 Å². The Morgan fingerprint density at radius 1 is 1.18 bits per heavy atom. The molecule has 2 N–H and O–H groups in total. The lowest BCUT2D eigenvalue weighted by molar-refractivity contribution is 0.197. The predicted octanol–water partition coefficient (Wildman–Crippen LogP) is 0.760. The Kier molecular flexibility index (Phi) is 6.02. The van der Waals surface area contributed by atoms with Gasteiger partial charge in [0.25, 0.3) is 0 Å². The van der Waals surface area contributed by atoms with Crippen LogP contribution in [0.2, 0.25) is 0 Å². The van der Waals surface area contributed by atoms with Gasteiger partial charge in [0.1, 0.15) is 0 Å². The van der Waals surface area contributed by atoms with E-state index >= 15 is 0 Å². The van der Waals surface area contributed by atoms with E-state index in [9.17, 15) is 0 Å². The summed E-state index contributed by atoms with van der Waals surface area (Å²) in [7, 11) is 3.43. The van der Waals surface area contributed by atoms with Crippen LogP contribution in [0.5, 0.6) is 6.01 Å². The first kappa shape index (κ1) is 13.4. The second-order valence-electron chi connectivity index (χ2n) is 3.22. The summed E-state index contributed by atoms with van der Waals surface area (Å²) in [6.07, 6.45) is 0.890. The minimum Gasteiger partial charge on any atom is -0.464 e. The van der Waals surface area contributed by atoms with E-state index in [1.165, 1.54) is 0 Å². The topological polar surface area (TPSA) is 81.2 Å². The second kappa shape index (κ2) is 7.61. The molecule has 0 saturated heterocycles. The molecule has 1 heterocycles. The number of hydrogen-bond acceptors (Lipinski definition) is 7. The van der Waals surface area contributed by atoms with Gasteiger partial charge in [0.2, 0.25) is 11.9 Å². The number of nitrogens with zero attached hydrogens (tertiary/aromatic N) is 3. The van der Waals surface area contributed by atoms with Crippen molar-refractivity contribution in [3.8, 4) is 6.01 Å². The van der Waals surface area contributed by atoms with Gasteiger partial charge >= 0.3 is 6.01 Å². The zero-order chi connectivity index (χ0) is 12.5. The van der Waals surface area contributed by atoms with Crippen molar-refractivity contribution in [2.45, 2.75) is 13.3 Å². The quantitative estimate of drug-likeness (QED) is 0.650. The molecule has 7 nitrogen and oxygen atoms in total. The van der Waals surface area contributed by atoms with Crippen molar-refractivity contribution in [3.63, 3.8) is 0 Å². The van der Waals surface area contributed by atoms with Crippen LogP contribution in [0.3, 0.4) is 0 Å². The summed E-state index contributed by atoms with van der Waals surface area (Å²) in [5.74, 6) is 0.988. The lowest BCUT2D eigenvalue weighted by Crippen LogP contribution is -2.11. The van der Waals surface area contributed by atoms with Gasteiger partial charge in [-0.15, -0.1) is 0 Å². The number of hydrogen-bond donors (Lipinski definition) is 2. The third-order valence-electron chi connectivity index (χ3n) is 1.92. The van der Waals surface area contributed by atoms with E-state index in [1.807, 2.05) is 6.92 Å². The van der Waals surface area contributed by atoms with Gasteiger partial charge in [-0.2, -0.15) is 15.0 Å². The smallest absolute Gasteiger partial charge is 0.323 e. The molecule has 0 amide bonds. The third kappa shape index (κ3) is 4.81. The summed E-state index contributed by atoms with van der Waals surface area (Å²) in [5, 5.41) is 5.95. The highest BCUT2D eigenvalue weighted by Crippen LogP contribution is 2.10. The van der Waals surface area contributed by atoms with Crippen molar-refractivity contribution in [2.75, 3.05) is 44.5 Å². The molecular weight excluding hydrogens is 222 g/mol. The molecule has 7 heteroatoms. The van der Waals surface area contributed by atoms with Gasteiger partial charge in [-0.25, -0.2) is 0 Å². The standard InChI is InChI=1S/C10H19N5O2/c1-4-17-10-14-8(11-2)13-9(15-10)12-6-5-7-16-3/h4-7H2,1-3H3,(H2,11,12,13,14,15). The summed E-state index contributed by atoms with van der Waals surface area (Å²) >= 11 is 0. The number of nitrogens with one attached hydrogen (secondary N) is 2. The van der Waals surface area contributed by atoms with E-state index in [2.05, 4.69) is 25.6 Å². The number of rotatable bonds is 8. The molecular formula is C10H19N5O2. The molecule has 0 fully saturated rings. The Balaban J connectivity index is 2.59. The SMILES string of the molecule is CCOc1nc(NC)nc(NCCCOC)n1. The van der Waals surface area contributed by atoms with Crippen LogP contribution in [0, 0.1) is 0 Å². The van der Waals surface area contributed by atoms with E-state index in [1.54, 1.807) is 14.2 Å². The highest BCUT2D eigenvalue weighted by molar-refractivity contribution is 5.35. The van der Waals surface area contributed by atoms with Crippen molar-refractivity contribution in [1.82, 2.24) is 15.0 Å². The van der Waals surface area contributed by atoms with Gasteiger partial charge in [-0.1, -0.05) is 0 Å². The molecule has 0 radical (unpaired) electrons. The minimum absolute atomic E-state index is 0.320. The van der Waals surface area contributed by atoms with Gasteiger partial charge in [0, 0.05) is 27.3 Å². The average molecular weight is 241 g/mol. The van der Waals surface area contributed by atoms with Gasteiger partial charge in [-0.3, -0.25) is 0 Å². The third-order valence-corrected chi connectivity index (χ3v) is 1.92. The van der Waals surface area contributed by atoms with E-state index in [-0.39, 0.29) is 0 Å². The fraction of sp³-hybridized carbons (Fsp3) is 0.700. The summed E-state index contributed by atoms with van der Waals surface area (Å²) < 4.78 is 10.2. The molecule has 0 unspecified atom stereocenters. The maximum Gasteiger partial charge on any atom is 0.323 e. The van der Waals surface area contributed by atoms with Crippen LogP contribution in [0.1, 0.15) is 13.3 Å². The zero-order valence-electron chi connectivity index (χ0n) is 10.5. The zero-order valence-corrected chi connectivity index (χ0v) is 10.5. The van der Waals surface area contributed by atoms with Gasteiger partial charge in [0.15, 0.2) is 0 Å². The molecule has 1 rings (SSSR count). The van der Waals surface area contributed by atoms with Crippen LogP contribution in [0.4, 0.5) is 11.9 Å². The summed E-state index contributed by atoms with van der Waals surface area (Å²) in [4.78, 5) is 12.4. The van der Waals surface area contributed by atoms with E-state index in [4.69, 9.17) is 9.47 Å². The molecule has 17 heavy (non-hydrogen) atoms. The molecule has 0 atom stereocenters. The number of methoxy groups -OCH3 is 1. The molecule has 1 aromatic rings. The maximum absolute atomic E-state index is 5.25. The molecule has 0 aromatic carbocycles. The first-order chi connectivity index (χ1) is 8.30. The summed E-state index contributed by atoms with van der Waals surface area (Å²) in [6.45, 7) is 3.85. The Morgan fingerprint density at radius 3 is 2.59 bits per heavy atom. The molecule has 96 valence electrons. The Morgan fingerprint density at radius 2 is 1.94 bits per heavy atom. The van der Waals surface area contributed by atoms with E-state index in [0.29, 0.717) is 31.1 Å². The second-order valence-corrected chi connectivity index (χ2v) is 3.22. The van der Waals surface area contributed by atoms with Crippen LogP contribution in [0.25, 0.3) is 0 Å². The molecule has 1 aromatic heterocycles. The summed E-state index contributed by atoms with van der Waals surface area (Å²) in [5.41, 5.74) is 0. The fourth-order valence-corrected chi connectivity index (χ4v) is 1.16. The number of ether oxygens (including phenoxy) is 2. The van der Waals surface area contributed by atoms with Crippen molar-refractivity contribution < 1.29 is 9.47 Å². The first-order valence-corrected chi connectivity index (χ1v) is 5.59. The number of aromatic nitrogens is 3. The van der Waals surface area contributed by atoms with Crippen molar-refractivity contribution in [3.05, 3.63) is 0 Å². The molecule has 0 aliphatic carbocycles. The normalized spacial score (nSPS) is 10.1. The largest absolute Gasteiger partial charge is 0.464 e. The maximum atomic E-state index is 5.25. The lowest BCUT2D eigenvalue weighted by Gasteiger charge is -2.08. The van der Waals surface area contributed by atoms with E-state index in [0.717, 1.165) is 13.0 Å². The molecule has 0 bridgehead atoms. The predicted molar refractivity (Wildman–Crippen MR) is 65.5 cm³/mol. The molecule has 0 spiro atoms. The summed E-state index contributed by atoms with van der Waals surface area (Å²) in [6, 6.07) is 0.320. The highest BCUT2D eigenvalue weighted by atomic mass is 16.5. The highest BCUT2D eigenvalue weighted by Gasteiger charge is 2.05. The first-order valence-electron chi connectivity index (χ1n) is 5.59. The minimum atomic E-state index is 0.320. The Bertz CT molecular complexity index is 334. The molecule has 0 aliphatic rings. The van der Waals surface area contributed by atoms with E-state index < -0.39 is 0 Å². The lowest BCUT2D eigenvalue weighted by atomic mass is 10.4. The molecule has 0 aliphatic heterocycles.